The Bertz CT molecular complexity index is 856. The van der Waals surface area contributed by atoms with Crippen LogP contribution in [0.25, 0.3) is 0 Å². The van der Waals surface area contributed by atoms with Gasteiger partial charge in [-0.1, -0.05) is 49.1 Å². The Balaban J connectivity index is 1.36. The van der Waals surface area contributed by atoms with Crippen LogP contribution >= 0.6 is 0 Å². The summed E-state index contributed by atoms with van der Waals surface area (Å²) in [5.74, 6) is 0.0162. The number of hydrogen-bond donors (Lipinski definition) is 1. The predicted molar refractivity (Wildman–Crippen MR) is 121 cm³/mol. The largest absolute Gasteiger partial charge is 0.349 e. The second-order valence-electron chi connectivity index (χ2n) is 9.50. The van der Waals surface area contributed by atoms with Gasteiger partial charge < -0.3 is 10.2 Å². The topological polar surface area (TPSA) is 50.2 Å². The number of nitrogens with zero attached hydrogens (tertiary/aromatic N) is 3. The van der Waals surface area contributed by atoms with Crippen molar-refractivity contribution < 1.29 is 4.79 Å². The van der Waals surface area contributed by atoms with Crippen molar-refractivity contribution in [1.29, 1.82) is 0 Å². The zero-order valence-electron chi connectivity index (χ0n) is 18.8. The molecule has 2 aromatic rings. The van der Waals surface area contributed by atoms with Gasteiger partial charge in [0.1, 0.15) is 0 Å². The van der Waals surface area contributed by atoms with Crippen LogP contribution in [0.3, 0.4) is 0 Å². The first-order valence-electron chi connectivity index (χ1n) is 11.6. The van der Waals surface area contributed by atoms with Gasteiger partial charge in [0.05, 0.1) is 11.8 Å². The Morgan fingerprint density at radius 3 is 2.37 bits per heavy atom. The van der Waals surface area contributed by atoms with Gasteiger partial charge in [0.15, 0.2) is 0 Å². The quantitative estimate of drug-likeness (QED) is 0.809. The van der Waals surface area contributed by atoms with Crippen molar-refractivity contribution in [2.45, 2.75) is 70.3 Å². The molecule has 1 saturated heterocycles. The first-order valence-corrected chi connectivity index (χ1v) is 11.6. The summed E-state index contributed by atoms with van der Waals surface area (Å²) in [6.45, 7) is 7.39. The molecule has 2 aliphatic rings. The molecule has 0 radical (unpaired) electrons. The number of nitrogens with one attached hydrogen (secondary N) is 1. The second-order valence-corrected chi connectivity index (χ2v) is 9.50. The van der Waals surface area contributed by atoms with E-state index in [4.69, 9.17) is 0 Å². The number of amides is 1. The molecular formula is C25H36N4O. The zero-order chi connectivity index (χ0) is 21.1. The molecule has 1 aliphatic carbocycles. The Kier molecular flexibility index (Phi) is 6.28. The average molecular weight is 409 g/mol. The van der Waals surface area contributed by atoms with E-state index in [1.165, 1.54) is 43.2 Å². The fourth-order valence-corrected chi connectivity index (χ4v) is 5.32. The fourth-order valence-electron chi connectivity index (χ4n) is 5.32. The van der Waals surface area contributed by atoms with E-state index in [0.29, 0.717) is 11.0 Å². The molecule has 1 amide bonds. The monoisotopic (exact) mass is 408 g/mol. The van der Waals surface area contributed by atoms with Crippen molar-refractivity contribution in [2.75, 3.05) is 19.6 Å². The molecule has 0 unspecified atom stereocenters. The molecule has 1 aromatic heterocycles. The number of piperidine rings is 1. The van der Waals surface area contributed by atoms with Gasteiger partial charge in [-0.25, -0.2) is 0 Å². The molecule has 5 heteroatoms. The van der Waals surface area contributed by atoms with Crippen LogP contribution in [0, 0.1) is 13.8 Å². The number of carbonyl (C=O) groups excluding carboxylic acids is 1. The van der Waals surface area contributed by atoms with E-state index in [1.807, 2.05) is 14.0 Å². The normalized spacial score (nSPS) is 20.2. The van der Waals surface area contributed by atoms with E-state index in [2.05, 4.69) is 46.5 Å². The summed E-state index contributed by atoms with van der Waals surface area (Å²) in [7, 11) is 1.87. The van der Waals surface area contributed by atoms with Gasteiger partial charge in [-0.3, -0.25) is 9.48 Å². The Labute approximate surface area is 180 Å². The minimum absolute atomic E-state index is 0.0162. The summed E-state index contributed by atoms with van der Waals surface area (Å²) < 4.78 is 1.76. The van der Waals surface area contributed by atoms with Crippen molar-refractivity contribution in [3.8, 4) is 0 Å². The van der Waals surface area contributed by atoms with E-state index >= 15 is 0 Å². The molecule has 5 nitrogen and oxygen atoms in total. The van der Waals surface area contributed by atoms with Crippen LogP contribution in [-0.4, -0.2) is 46.3 Å². The predicted octanol–water partition coefficient (Wildman–Crippen LogP) is 4.13. The van der Waals surface area contributed by atoms with Crippen LogP contribution in [0.15, 0.2) is 30.5 Å². The van der Waals surface area contributed by atoms with Gasteiger partial charge in [0, 0.05) is 43.8 Å². The molecule has 30 heavy (non-hydrogen) atoms. The number of likely N-dealkylation sites (tertiary alicyclic amines) is 1. The lowest BCUT2D eigenvalue weighted by Gasteiger charge is -2.44. The first kappa shape index (κ1) is 21.1. The SMILES string of the molecule is Cc1ccc(C2(CN3CCC(NC(=O)c4cnn(C)c4C)CC3)CCCCC2)cc1. The smallest absolute Gasteiger partial charge is 0.254 e. The molecule has 1 aliphatic heterocycles. The number of rotatable bonds is 5. The molecule has 1 N–H and O–H groups in total. The molecule has 0 bridgehead atoms. The maximum atomic E-state index is 12.6. The molecular weight excluding hydrogens is 372 g/mol. The van der Waals surface area contributed by atoms with Crippen molar-refractivity contribution in [3.63, 3.8) is 0 Å². The Hall–Kier alpha value is -2.14. The van der Waals surface area contributed by atoms with E-state index in [1.54, 1.807) is 10.9 Å². The number of aromatic nitrogens is 2. The summed E-state index contributed by atoms with van der Waals surface area (Å²) in [5, 5.41) is 7.44. The van der Waals surface area contributed by atoms with E-state index in [-0.39, 0.29) is 11.9 Å². The van der Waals surface area contributed by atoms with Crippen molar-refractivity contribution in [1.82, 2.24) is 20.0 Å². The summed E-state index contributed by atoms with van der Waals surface area (Å²) in [6, 6.07) is 9.53. The molecule has 4 rings (SSSR count). The third-order valence-electron chi connectivity index (χ3n) is 7.40. The molecule has 2 heterocycles. The lowest BCUT2D eigenvalue weighted by atomic mass is 9.69. The van der Waals surface area contributed by atoms with E-state index in [9.17, 15) is 4.79 Å². The standard InChI is InChI=1S/C25H36N4O/c1-19-7-9-21(10-8-19)25(13-5-4-6-14-25)18-29-15-11-22(12-16-29)27-24(30)23-17-26-28(3)20(23)2/h7-10,17,22H,4-6,11-16,18H2,1-3H3,(H,27,30). The average Bonchev–Trinajstić information content (AvgIpc) is 3.09. The Morgan fingerprint density at radius 2 is 1.77 bits per heavy atom. The minimum atomic E-state index is 0.0162. The fraction of sp³-hybridized carbons (Fsp3) is 0.600. The molecule has 2 fully saturated rings. The number of benzene rings is 1. The highest BCUT2D eigenvalue weighted by Gasteiger charge is 2.36. The lowest BCUT2D eigenvalue weighted by Crippen LogP contribution is -2.49. The van der Waals surface area contributed by atoms with Crippen LogP contribution in [-0.2, 0) is 12.5 Å². The highest BCUT2D eigenvalue weighted by atomic mass is 16.1. The van der Waals surface area contributed by atoms with E-state index in [0.717, 1.165) is 38.2 Å². The van der Waals surface area contributed by atoms with Gasteiger partial charge >= 0.3 is 0 Å². The van der Waals surface area contributed by atoms with Crippen molar-refractivity contribution >= 4 is 5.91 Å². The number of carbonyl (C=O) groups is 1. The third kappa shape index (κ3) is 4.46. The molecule has 1 saturated carbocycles. The van der Waals surface area contributed by atoms with Crippen LogP contribution < -0.4 is 5.32 Å². The highest BCUT2D eigenvalue weighted by Crippen LogP contribution is 2.40. The zero-order valence-corrected chi connectivity index (χ0v) is 18.8. The molecule has 162 valence electrons. The van der Waals surface area contributed by atoms with E-state index < -0.39 is 0 Å². The summed E-state index contributed by atoms with van der Waals surface area (Å²) in [6.07, 6.45) is 10.4. The van der Waals surface area contributed by atoms with Crippen LogP contribution in [0.2, 0.25) is 0 Å². The van der Waals surface area contributed by atoms with Crippen LogP contribution in [0.1, 0.15) is 72.1 Å². The Morgan fingerprint density at radius 1 is 1.10 bits per heavy atom. The molecule has 0 spiro atoms. The summed E-state index contributed by atoms with van der Waals surface area (Å²) in [5.41, 5.74) is 4.78. The van der Waals surface area contributed by atoms with Gasteiger partial charge in [-0.2, -0.15) is 5.10 Å². The van der Waals surface area contributed by atoms with Crippen molar-refractivity contribution in [3.05, 3.63) is 52.8 Å². The summed E-state index contributed by atoms with van der Waals surface area (Å²) in [4.78, 5) is 15.3. The van der Waals surface area contributed by atoms with Gasteiger partial charge in [0.2, 0.25) is 0 Å². The van der Waals surface area contributed by atoms with Gasteiger partial charge in [-0.15, -0.1) is 0 Å². The first-order chi connectivity index (χ1) is 14.5. The second kappa shape index (κ2) is 8.93. The minimum Gasteiger partial charge on any atom is -0.349 e. The van der Waals surface area contributed by atoms with Crippen LogP contribution in [0.5, 0.6) is 0 Å². The number of aryl methyl sites for hydroxylation is 2. The van der Waals surface area contributed by atoms with Gasteiger partial charge in [-0.05, 0) is 45.1 Å². The lowest BCUT2D eigenvalue weighted by molar-refractivity contribution is 0.0890. The molecule has 1 aromatic carbocycles. The maximum absolute atomic E-state index is 12.6. The molecule has 0 atom stereocenters. The van der Waals surface area contributed by atoms with Gasteiger partial charge in [0.25, 0.3) is 5.91 Å². The van der Waals surface area contributed by atoms with Crippen LogP contribution in [0.4, 0.5) is 0 Å². The highest BCUT2D eigenvalue weighted by molar-refractivity contribution is 5.95. The summed E-state index contributed by atoms with van der Waals surface area (Å²) >= 11 is 0. The number of hydrogen-bond acceptors (Lipinski definition) is 3. The third-order valence-corrected chi connectivity index (χ3v) is 7.40. The maximum Gasteiger partial charge on any atom is 0.254 e. The van der Waals surface area contributed by atoms with Crippen molar-refractivity contribution in [2.24, 2.45) is 7.05 Å².